The summed E-state index contributed by atoms with van der Waals surface area (Å²) in [5, 5.41) is 13.4. The van der Waals surface area contributed by atoms with Gasteiger partial charge in [0.15, 0.2) is 0 Å². The van der Waals surface area contributed by atoms with Crippen molar-refractivity contribution in [2.75, 3.05) is 0 Å². The topological polar surface area (TPSA) is 38.0 Å². The number of aliphatic hydroxyl groups excluding tert-OH is 1. The van der Waals surface area contributed by atoms with Gasteiger partial charge in [0.05, 0.1) is 6.10 Å². The van der Waals surface area contributed by atoms with E-state index in [9.17, 15) is 5.11 Å². The van der Waals surface area contributed by atoms with Crippen LogP contribution in [-0.4, -0.2) is 21.0 Å². The van der Waals surface area contributed by atoms with E-state index in [1.165, 1.54) is 0 Å². The van der Waals surface area contributed by atoms with Crippen molar-refractivity contribution in [3.05, 3.63) is 18.0 Å². The summed E-state index contributed by atoms with van der Waals surface area (Å²) >= 11 is 0. The summed E-state index contributed by atoms with van der Waals surface area (Å²) in [6.07, 6.45) is 2.16. The molecule has 3 nitrogen and oxygen atoms in total. The van der Waals surface area contributed by atoms with Gasteiger partial charge in [0.1, 0.15) is 0 Å². The number of rotatable bonds is 3. The Hall–Kier alpha value is -0.830. The van der Waals surface area contributed by atoms with E-state index in [0.717, 1.165) is 5.69 Å². The van der Waals surface area contributed by atoms with E-state index in [4.69, 9.17) is 0 Å². The molecule has 0 radical (unpaired) electrons. The minimum atomic E-state index is -0.292. The maximum Gasteiger partial charge on any atom is 0.0567 e. The molecule has 1 heterocycles. The van der Waals surface area contributed by atoms with Crippen LogP contribution in [0.5, 0.6) is 0 Å². The first-order valence-electron chi connectivity index (χ1n) is 4.31. The third kappa shape index (κ3) is 2.08. The van der Waals surface area contributed by atoms with Crippen LogP contribution in [0.25, 0.3) is 0 Å². The Morgan fingerprint density at radius 3 is 2.67 bits per heavy atom. The van der Waals surface area contributed by atoms with Crippen molar-refractivity contribution in [2.24, 2.45) is 0 Å². The fraction of sp³-hybridized carbons (Fsp3) is 0.667. The van der Waals surface area contributed by atoms with Crippen LogP contribution < -0.4 is 0 Å². The van der Waals surface area contributed by atoms with Gasteiger partial charge in [0.25, 0.3) is 0 Å². The number of hydrogen-bond acceptors (Lipinski definition) is 2. The second kappa shape index (κ2) is 3.72. The summed E-state index contributed by atoms with van der Waals surface area (Å²) in [5.74, 6) is 0. The van der Waals surface area contributed by atoms with Crippen molar-refractivity contribution >= 4 is 0 Å². The third-order valence-corrected chi connectivity index (χ3v) is 1.75. The van der Waals surface area contributed by atoms with Crippen LogP contribution in [-0.2, 0) is 6.42 Å². The summed E-state index contributed by atoms with van der Waals surface area (Å²) in [4.78, 5) is 0. The van der Waals surface area contributed by atoms with E-state index in [2.05, 4.69) is 18.9 Å². The van der Waals surface area contributed by atoms with Crippen LogP contribution in [0.4, 0.5) is 0 Å². The zero-order valence-electron chi connectivity index (χ0n) is 7.86. The maximum atomic E-state index is 9.19. The van der Waals surface area contributed by atoms with Gasteiger partial charge in [-0.3, -0.25) is 4.68 Å². The molecule has 1 atom stereocenters. The van der Waals surface area contributed by atoms with Gasteiger partial charge in [-0.05, 0) is 26.8 Å². The normalized spacial score (nSPS) is 13.8. The van der Waals surface area contributed by atoms with E-state index in [-0.39, 0.29) is 6.10 Å². The molecule has 1 aromatic rings. The zero-order chi connectivity index (χ0) is 9.14. The van der Waals surface area contributed by atoms with Crippen LogP contribution in [0.2, 0.25) is 0 Å². The van der Waals surface area contributed by atoms with Gasteiger partial charge in [-0.2, -0.15) is 5.10 Å². The van der Waals surface area contributed by atoms with E-state index < -0.39 is 0 Å². The molecule has 12 heavy (non-hydrogen) atoms. The van der Waals surface area contributed by atoms with Crippen molar-refractivity contribution in [3.8, 4) is 0 Å². The van der Waals surface area contributed by atoms with Gasteiger partial charge in [0.2, 0.25) is 0 Å². The van der Waals surface area contributed by atoms with Crippen molar-refractivity contribution in [2.45, 2.75) is 39.3 Å². The summed E-state index contributed by atoms with van der Waals surface area (Å²) in [5.41, 5.74) is 1.10. The Labute approximate surface area is 73.0 Å². The average molecular weight is 168 g/mol. The van der Waals surface area contributed by atoms with E-state index in [1.54, 1.807) is 13.1 Å². The lowest BCUT2D eigenvalue weighted by molar-refractivity contribution is 0.191. The highest BCUT2D eigenvalue weighted by Crippen LogP contribution is 2.09. The molecule has 0 spiro atoms. The van der Waals surface area contributed by atoms with Crippen LogP contribution >= 0.6 is 0 Å². The molecule has 1 aromatic heterocycles. The molecule has 0 aliphatic heterocycles. The molecule has 1 rings (SSSR count). The number of nitrogens with zero attached hydrogens (tertiary/aromatic N) is 2. The third-order valence-electron chi connectivity index (χ3n) is 1.75. The molecule has 0 aromatic carbocycles. The first-order chi connectivity index (χ1) is 5.61. The minimum Gasteiger partial charge on any atom is -0.393 e. The molecule has 0 saturated heterocycles. The summed E-state index contributed by atoms with van der Waals surface area (Å²) in [6.45, 7) is 5.95. The largest absolute Gasteiger partial charge is 0.393 e. The number of aliphatic hydroxyl groups is 1. The SMILES string of the molecule is CC(C)n1nccc1C[C@H](C)O. The summed E-state index contributed by atoms with van der Waals surface area (Å²) in [7, 11) is 0. The first-order valence-corrected chi connectivity index (χ1v) is 4.31. The van der Waals surface area contributed by atoms with Crippen molar-refractivity contribution in [3.63, 3.8) is 0 Å². The van der Waals surface area contributed by atoms with Gasteiger partial charge >= 0.3 is 0 Å². The second-order valence-electron chi connectivity index (χ2n) is 3.41. The van der Waals surface area contributed by atoms with Crippen LogP contribution in [0, 0.1) is 0 Å². The Bertz CT molecular complexity index is 240. The molecule has 0 unspecified atom stereocenters. The monoisotopic (exact) mass is 168 g/mol. The molecular formula is C9H16N2O. The first kappa shape index (κ1) is 9.26. The molecule has 0 bridgehead atoms. The standard InChI is InChI=1S/C9H16N2O/c1-7(2)11-9(4-5-10-11)6-8(3)12/h4-5,7-8,12H,6H2,1-3H3/t8-/m0/s1. The predicted molar refractivity (Wildman–Crippen MR) is 48.0 cm³/mol. The minimum absolute atomic E-state index is 0.292. The Morgan fingerprint density at radius 1 is 1.50 bits per heavy atom. The second-order valence-corrected chi connectivity index (χ2v) is 3.41. The smallest absolute Gasteiger partial charge is 0.0567 e. The maximum absolute atomic E-state index is 9.19. The van der Waals surface area contributed by atoms with Crippen molar-refractivity contribution in [1.82, 2.24) is 9.78 Å². The number of hydrogen-bond donors (Lipinski definition) is 1. The predicted octanol–water partition coefficient (Wildman–Crippen LogP) is 1.39. The van der Waals surface area contributed by atoms with Gasteiger partial charge in [-0.25, -0.2) is 0 Å². The molecule has 0 amide bonds. The molecule has 0 aliphatic rings. The molecule has 0 aliphatic carbocycles. The molecule has 68 valence electrons. The fourth-order valence-electron chi connectivity index (χ4n) is 1.27. The van der Waals surface area contributed by atoms with Gasteiger partial charge < -0.3 is 5.11 Å². The van der Waals surface area contributed by atoms with Crippen LogP contribution in [0.15, 0.2) is 12.3 Å². The van der Waals surface area contributed by atoms with Gasteiger partial charge in [-0.1, -0.05) is 0 Å². The summed E-state index contributed by atoms with van der Waals surface area (Å²) in [6, 6.07) is 2.32. The van der Waals surface area contributed by atoms with Crippen LogP contribution in [0.3, 0.4) is 0 Å². The molecular weight excluding hydrogens is 152 g/mol. The van der Waals surface area contributed by atoms with E-state index in [1.807, 2.05) is 10.7 Å². The molecule has 3 heteroatoms. The quantitative estimate of drug-likeness (QED) is 0.740. The zero-order valence-corrected chi connectivity index (χ0v) is 7.86. The Morgan fingerprint density at radius 2 is 2.17 bits per heavy atom. The van der Waals surface area contributed by atoms with E-state index >= 15 is 0 Å². The van der Waals surface area contributed by atoms with Gasteiger partial charge in [-0.15, -0.1) is 0 Å². The van der Waals surface area contributed by atoms with Gasteiger partial charge in [0, 0.05) is 24.4 Å². The van der Waals surface area contributed by atoms with E-state index in [0.29, 0.717) is 12.5 Å². The molecule has 0 fully saturated rings. The lowest BCUT2D eigenvalue weighted by Crippen LogP contribution is -2.12. The van der Waals surface area contributed by atoms with Crippen molar-refractivity contribution in [1.29, 1.82) is 0 Å². The Kier molecular flexibility index (Phi) is 2.87. The molecule has 0 saturated carbocycles. The highest BCUT2D eigenvalue weighted by atomic mass is 16.3. The highest BCUT2D eigenvalue weighted by molar-refractivity contribution is 5.02. The lowest BCUT2D eigenvalue weighted by Gasteiger charge is -2.11. The van der Waals surface area contributed by atoms with Crippen LogP contribution in [0.1, 0.15) is 32.5 Å². The Balaban J connectivity index is 2.77. The van der Waals surface area contributed by atoms with Crippen molar-refractivity contribution < 1.29 is 5.11 Å². The number of aromatic nitrogens is 2. The molecule has 1 N–H and O–H groups in total. The lowest BCUT2D eigenvalue weighted by atomic mass is 10.2. The average Bonchev–Trinajstić information content (AvgIpc) is 2.33. The fourth-order valence-corrected chi connectivity index (χ4v) is 1.27. The summed E-state index contributed by atoms with van der Waals surface area (Å²) < 4.78 is 1.94. The highest BCUT2D eigenvalue weighted by Gasteiger charge is 2.07.